The molecular formula is C26H24F4N4O4. The van der Waals surface area contributed by atoms with Crippen LogP contribution in [0.5, 0.6) is 0 Å². The SMILES string of the molecule is CCN1C(=O)[C@@H](NC(=O)c2cccc(C(F)(F)F)c2)[C@@H](c2ccc(F)cc2)/C(=C(/N)C(=O)O)C1=NC1CC1. The molecule has 2 aliphatic rings. The van der Waals surface area contributed by atoms with Crippen LogP contribution in [-0.2, 0) is 15.8 Å². The lowest BCUT2D eigenvalue weighted by Gasteiger charge is -2.41. The van der Waals surface area contributed by atoms with Crippen molar-refractivity contribution in [3.63, 3.8) is 0 Å². The van der Waals surface area contributed by atoms with E-state index >= 15 is 0 Å². The molecule has 1 heterocycles. The number of nitrogens with two attached hydrogens (primary N) is 1. The third-order valence-corrected chi connectivity index (χ3v) is 6.33. The molecular weight excluding hydrogens is 508 g/mol. The van der Waals surface area contributed by atoms with Crippen LogP contribution in [0.15, 0.2) is 64.8 Å². The Morgan fingerprint density at radius 3 is 2.37 bits per heavy atom. The Bertz CT molecular complexity index is 1330. The lowest BCUT2D eigenvalue weighted by atomic mass is 9.78. The van der Waals surface area contributed by atoms with Gasteiger partial charge < -0.3 is 16.2 Å². The molecule has 2 atom stereocenters. The minimum atomic E-state index is -4.70. The number of alkyl halides is 3. The molecule has 0 radical (unpaired) electrons. The van der Waals surface area contributed by atoms with Crippen LogP contribution in [0.1, 0.15) is 47.2 Å². The van der Waals surface area contributed by atoms with Gasteiger partial charge in [0.1, 0.15) is 23.4 Å². The summed E-state index contributed by atoms with van der Waals surface area (Å²) in [6, 6.07) is 6.89. The molecule has 0 aromatic heterocycles. The number of piperidine rings is 1. The molecule has 1 aliphatic carbocycles. The van der Waals surface area contributed by atoms with Gasteiger partial charge in [-0.3, -0.25) is 19.5 Å². The number of aliphatic imine (C=N–C) groups is 1. The Morgan fingerprint density at radius 2 is 1.82 bits per heavy atom. The monoisotopic (exact) mass is 532 g/mol. The zero-order chi connectivity index (χ0) is 27.8. The van der Waals surface area contributed by atoms with Crippen molar-refractivity contribution >= 4 is 23.6 Å². The lowest BCUT2D eigenvalue weighted by Crippen LogP contribution is -2.59. The fourth-order valence-corrected chi connectivity index (χ4v) is 4.33. The Balaban J connectivity index is 1.86. The number of amides is 2. The second-order valence-electron chi connectivity index (χ2n) is 8.96. The Hall–Kier alpha value is -4.22. The predicted octanol–water partition coefficient (Wildman–Crippen LogP) is 3.45. The Morgan fingerprint density at radius 1 is 1.16 bits per heavy atom. The molecule has 1 saturated carbocycles. The molecule has 0 bridgehead atoms. The van der Waals surface area contributed by atoms with Gasteiger partial charge in [0.05, 0.1) is 11.6 Å². The molecule has 1 aliphatic heterocycles. The van der Waals surface area contributed by atoms with Gasteiger partial charge in [-0.25, -0.2) is 9.18 Å². The largest absolute Gasteiger partial charge is 0.477 e. The standard InChI is InChI=1S/C26H24F4N4O4/c1-2-34-22(32-17-10-11-17)19(20(31)25(37)38)18(13-6-8-16(27)9-7-13)21(24(34)36)33-23(35)14-4-3-5-15(12-14)26(28,29)30/h3-9,12,17-18,21H,2,10-11,31H2,1H3,(H,33,35)(H,37,38)/b20-19-,32-22?/t18-,21-/m0/s1. The highest BCUT2D eigenvalue weighted by Gasteiger charge is 2.47. The first-order valence-electron chi connectivity index (χ1n) is 11.8. The van der Waals surface area contributed by atoms with Crippen molar-refractivity contribution in [3.05, 3.63) is 82.3 Å². The van der Waals surface area contributed by atoms with Crippen molar-refractivity contribution < 1.29 is 37.1 Å². The van der Waals surface area contributed by atoms with Crippen molar-refractivity contribution in [2.75, 3.05) is 6.54 Å². The van der Waals surface area contributed by atoms with E-state index in [1.165, 1.54) is 17.0 Å². The highest BCUT2D eigenvalue weighted by molar-refractivity contribution is 6.17. The maximum atomic E-state index is 13.8. The maximum absolute atomic E-state index is 13.8. The summed E-state index contributed by atoms with van der Waals surface area (Å²) in [4.78, 5) is 44.6. The van der Waals surface area contributed by atoms with Crippen LogP contribution in [0.4, 0.5) is 17.6 Å². The topological polar surface area (TPSA) is 125 Å². The number of rotatable bonds is 6. The van der Waals surface area contributed by atoms with E-state index < -0.39 is 53.0 Å². The number of carbonyl (C=O) groups excluding carboxylic acids is 2. The van der Waals surface area contributed by atoms with Gasteiger partial charge in [-0.05, 0) is 55.7 Å². The quantitative estimate of drug-likeness (QED) is 0.388. The number of likely N-dealkylation sites (tertiary alicyclic amines) is 1. The molecule has 0 unspecified atom stereocenters. The van der Waals surface area contributed by atoms with Crippen LogP contribution in [0.3, 0.4) is 0 Å². The van der Waals surface area contributed by atoms with Crippen LogP contribution in [0.2, 0.25) is 0 Å². The van der Waals surface area contributed by atoms with E-state index in [4.69, 9.17) is 5.73 Å². The summed E-state index contributed by atoms with van der Waals surface area (Å²) >= 11 is 0. The maximum Gasteiger partial charge on any atom is 0.416 e. The summed E-state index contributed by atoms with van der Waals surface area (Å²) in [6.07, 6.45) is -3.24. The van der Waals surface area contributed by atoms with Gasteiger partial charge in [0.25, 0.3) is 11.8 Å². The Kier molecular flexibility index (Phi) is 7.25. The second kappa shape index (κ2) is 10.3. The van der Waals surface area contributed by atoms with E-state index in [2.05, 4.69) is 10.3 Å². The second-order valence-corrected chi connectivity index (χ2v) is 8.96. The fraction of sp³-hybridized carbons (Fsp3) is 0.308. The van der Waals surface area contributed by atoms with E-state index in [9.17, 15) is 37.1 Å². The van der Waals surface area contributed by atoms with Gasteiger partial charge in [0.15, 0.2) is 0 Å². The number of carbonyl (C=O) groups is 3. The fourth-order valence-electron chi connectivity index (χ4n) is 4.33. The number of carboxylic acid groups (broad SMARTS) is 1. The van der Waals surface area contributed by atoms with Crippen LogP contribution in [0.25, 0.3) is 0 Å². The molecule has 1 saturated heterocycles. The third kappa shape index (κ3) is 5.38. The molecule has 12 heteroatoms. The summed E-state index contributed by atoms with van der Waals surface area (Å²) in [6.45, 7) is 1.67. The highest BCUT2D eigenvalue weighted by atomic mass is 19.4. The molecule has 8 nitrogen and oxygen atoms in total. The molecule has 2 fully saturated rings. The van der Waals surface area contributed by atoms with Crippen molar-refractivity contribution in [2.45, 2.75) is 43.9 Å². The summed E-state index contributed by atoms with van der Waals surface area (Å²) in [5.74, 6) is -4.92. The first-order chi connectivity index (χ1) is 17.9. The molecule has 38 heavy (non-hydrogen) atoms. The Labute approximate surface area is 214 Å². The molecule has 2 aromatic carbocycles. The normalized spacial score (nSPS) is 22.4. The average molecular weight is 532 g/mol. The van der Waals surface area contributed by atoms with Crippen LogP contribution in [-0.4, -0.2) is 52.3 Å². The number of hydrogen-bond acceptors (Lipinski definition) is 5. The predicted molar refractivity (Wildman–Crippen MR) is 129 cm³/mol. The molecule has 4 N–H and O–H groups in total. The van der Waals surface area contributed by atoms with Gasteiger partial charge in [0, 0.05) is 23.6 Å². The minimum absolute atomic E-state index is 0.0405. The molecule has 200 valence electrons. The number of benzene rings is 2. The van der Waals surface area contributed by atoms with Gasteiger partial charge in [0.2, 0.25) is 0 Å². The number of aliphatic carboxylic acids is 1. The van der Waals surface area contributed by atoms with Gasteiger partial charge >= 0.3 is 12.1 Å². The van der Waals surface area contributed by atoms with Gasteiger partial charge in [-0.2, -0.15) is 13.2 Å². The number of carboxylic acids is 1. The van der Waals surface area contributed by atoms with E-state index in [1.807, 2.05) is 0 Å². The van der Waals surface area contributed by atoms with Crippen molar-refractivity contribution in [1.82, 2.24) is 10.2 Å². The number of halogens is 4. The summed E-state index contributed by atoms with van der Waals surface area (Å²) in [5, 5.41) is 12.3. The summed E-state index contributed by atoms with van der Waals surface area (Å²) < 4.78 is 53.4. The van der Waals surface area contributed by atoms with E-state index in [-0.39, 0.29) is 35.1 Å². The van der Waals surface area contributed by atoms with E-state index in [0.717, 1.165) is 43.2 Å². The van der Waals surface area contributed by atoms with Crippen LogP contribution < -0.4 is 11.1 Å². The highest BCUT2D eigenvalue weighted by Crippen LogP contribution is 2.38. The van der Waals surface area contributed by atoms with Crippen molar-refractivity contribution in [2.24, 2.45) is 10.7 Å². The smallest absolute Gasteiger partial charge is 0.416 e. The number of nitrogens with zero attached hydrogens (tertiary/aromatic N) is 2. The molecule has 4 rings (SSSR count). The van der Waals surface area contributed by atoms with Crippen molar-refractivity contribution in [1.29, 1.82) is 0 Å². The van der Waals surface area contributed by atoms with Crippen LogP contribution in [0, 0.1) is 5.82 Å². The number of hydrogen-bond donors (Lipinski definition) is 3. The first-order valence-corrected chi connectivity index (χ1v) is 11.8. The molecule has 0 spiro atoms. The van der Waals surface area contributed by atoms with Crippen molar-refractivity contribution in [3.8, 4) is 0 Å². The lowest BCUT2D eigenvalue weighted by molar-refractivity contribution is -0.137. The minimum Gasteiger partial charge on any atom is -0.477 e. The number of nitrogens with one attached hydrogen (secondary N) is 1. The van der Waals surface area contributed by atoms with Gasteiger partial charge in [-0.15, -0.1) is 0 Å². The molecule has 2 amide bonds. The van der Waals surface area contributed by atoms with Gasteiger partial charge in [-0.1, -0.05) is 18.2 Å². The summed E-state index contributed by atoms with van der Waals surface area (Å²) in [7, 11) is 0. The number of likely N-dealkylation sites (N-methyl/N-ethyl adjacent to an activating group) is 1. The van der Waals surface area contributed by atoms with Crippen LogP contribution >= 0.6 is 0 Å². The van der Waals surface area contributed by atoms with E-state index in [1.54, 1.807) is 6.92 Å². The summed E-state index contributed by atoms with van der Waals surface area (Å²) in [5.41, 5.74) is 4.19. The first kappa shape index (κ1) is 26.8. The zero-order valence-corrected chi connectivity index (χ0v) is 20.1. The average Bonchev–Trinajstić information content (AvgIpc) is 3.69. The zero-order valence-electron chi connectivity index (χ0n) is 20.1. The number of amidine groups is 1. The van der Waals surface area contributed by atoms with E-state index in [0.29, 0.717) is 6.07 Å². The molecule has 2 aromatic rings. The third-order valence-electron chi connectivity index (χ3n) is 6.33.